The fourth-order valence-electron chi connectivity index (χ4n) is 5.21. The number of aromatic nitrogens is 4. The van der Waals surface area contributed by atoms with E-state index >= 15 is 0 Å². The number of pyridine rings is 1. The second-order valence-electron chi connectivity index (χ2n) is 9.75. The van der Waals surface area contributed by atoms with Crippen LogP contribution < -0.4 is 0 Å². The molecule has 0 spiro atoms. The molecule has 4 heteroatoms. The Morgan fingerprint density at radius 3 is 2.18 bits per heavy atom. The first-order valence-electron chi connectivity index (χ1n) is 13.1. The Balaban J connectivity index is 1.37. The first-order valence-corrected chi connectivity index (χ1v) is 13.1. The van der Waals surface area contributed by atoms with Crippen LogP contribution in [0.2, 0.25) is 0 Å². The summed E-state index contributed by atoms with van der Waals surface area (Å²) in [7, 11) is 0. The summed E-state index contributed by atoms with van der Waals surface area (Å²) in [5, 5.41) is 2.33. The van der Waals surface area contributed by atoms with Gasteiger partial charge in [0.2, 0.25) is 0 Å². The molecule has 7 rings (SSSR count). The molecule has 0 saturated carbocycles. The van der Waals surface area contributed by atoms with Crippen molar-refractivity contribution in [1.29, 1.82) is 0 Å². The monoisotopic (exact) mass is 502 g/mol. The van der Waals surface area contributed by atoms with Crippen LogP contribution in [0.15, 0.2) is 122 Å². The van der Waals surface area contributed by atoms with Crippen molar-refractivity contribution in [3.05, 3.63) is 138 Å². The molecule has 0 aliphatic carbocycles. The lowest BCUT2D eigenvalue weighted by Crippen LogP contribution is -1.97. The van der Waals surface area contributed by atoms with Gasteiger partial charge in [-0.05, 0) is 65.6 Å². The fourth-order valence-corrected chi connectivity index (χ4v) is 5.21. The van der Waals surface area contributed by atoms with E-state index in [0.29, 0.717) is 0 Å². The van der Waals surface area contributed by atoms with Crippen LogP contribution in [0.4, 0.5) is 0 Å². The van der Waals surface area contributed by atoms with Crippen molar-refractivity contribution >= 4 is 34.1 Å². The lowest BCUT2D eigenvalue weighted by Gasteiger charge is -2.12. The number of aromatic amines is 1. The normalized spacial score (nSPS) is 11.6. The maximum Gasteiger partial charge on any atom is 0.145 e. The molecule has 0 amide bonds. The van der Waals surface area contributed by atoms with Gasteiger partial charge in [0.1, 0.15) is 11.5 Å². The van der Waals surface area contributed by atoms with Crippen LogP contribution in [0.5, 0.6) is 0 Å². The Hall–Kier alpha value is -5.22. The summed E-state index contributed by atoms with van der Waals surface area (Å²) in [5.41, 5.74) is 9.74. The molecule has 7 aromatic rings. The van der Waals surface area contributed by atoms with Crippen LogP contribution in [-0.4, -0.2) is 19.5 Å². The molecule has 0 saturated heterocycles. The molecule has 4 nitrogen and oxygen atoms in total. The summed E-state index contributed by atoms with van der Waals surface area (Å²) < 4.78 is 2.25. The Labute approximate surface area is 226 Å². The zero-order valence-electron chi connectivity index (χ0n) is 21.5. The van der Waals surface area contributed by atoms with Crippen molar-refractivity contribution in [1.82, 2.24) is 19.5 Å². The number of hydrogen-bond acceptors (Lipinski definition) is 2. The van der Waals surface area contributed by atoms with Crippen LogP contribution in [0.1, 0.15) is 16.8 Å². The van der Waals surface area contributed by atoms with Crippen LogP contribution in [-0.2, 0) is 0 Å². The van der Waals surface area contributed by atoms with Crippen molar-refractivity contribution < 1.29 is 0 Å². The predicted octanol–water partition coefficient (Wildman–Crippen LogP) is 8.71. The van der Waals surface area contributed by atoms with Crippen molar-refractivity contribution in [3.63, 3.8) is 0 Å². The van der Waals surface area contributed by atoms with Crippen LogP contribution >= 0.6 is 0 Å². The van der Waals surface area contributed by atoms with Crippen LogP contribution in [0, 0.1) is 6.92 Å². The van der Waals surface area contributed by atoms with Crippen LogP contribution in [0.25, 0.3) is 62.3 Å². The zero-order chi connectivity index (χ0) is 26.2. The molecule has 3 heterocycles. The van der Waals surface area contributed by atoms with Crippen molar-refractivity contribution in [2.45, 2.75) is 6.92 Å². The molecule has 3 aromatic heterocycles. The minimum Gasteiger partial charge on any atom is -0.344 e. The van der Waals surface area contributed by atoms with Crippen molar-refractivity contribution in [2.24, 2.45) is 0 Å². The van der Waals surface area contributed by atoms with E-state index in [-0.39, 0.29) is 0 Å². The number of nitrogens with one attached hydrogen (secondary N) is 1. The molecular formula is C35H26N4. The number of rotatable bonds is 5. The first kappa shape index (κ1) is 22.9. The molecule has 0 atom stereocenters. The molecule has 0 fully saturated rings. The highest BCUT2D eigenvalue weighted by Crippen LogP contribution is 2.34. The Morgan fingerprint density at radius 1 is 0.667 bits per heavy atom. The lowest BCUT2D eigenvalue weighted by atomic mass is 10.00. The van der Waals surface area contributed by atoms with E-state index in [1.165, 1.54) is 10.9 Å². The Morgan fingerprint density at radius 2 is 1.38 bits per heavy atom. The summed E-state index contributed by atoms with van der Waals surface area (Å²) in [4.78, 5) is 12.9. The summed E-state index contributed by atoms with van der Waals surface area (Å²) in [5.74, 6) is 0.853. The smallest absolute Gasteiger partial charge is 0.145 e. The van der Waals surface area contributed by atoms with Gasteiger partial charge in [0.15, 0.2) is 0 Å². The molecule has 4 aromatic carbocycles. The van der Waals surface area contributed by atoms with Crippen LogP contribution in [0.3, 0.4) is 0 Å². The van der Waals surface area contributed by atoms with E-state index in [2.05, 4.69) is 119 Å². The average molecular weight is 503 g/mol. The number of hydrogen-bond donors (Lipinski definition) is 1. The lowest BCUT2D eigenvalue weighted by molar-refractivity contribution is 1.13. The van der Waals surface area contributed by atoms with Gasteiger partial charge in [-0.25, -0.2) is 9.97 Å². The number of H-pyrrole nitrogens is 1. The molecule has 0 aliphatic heterocycles. The standard InChI is InChI=1S/C35H26N4/c1-24-23-37-34(38-24)29-20-28(27-17-15-26(16-18-27)14-13-25-8-3-2-4-9-25)21-30(22-29)39-33-12-6-5-10-31(33)32-11-7-19-36-35(32)39/h2-23H,1H3,(H,37,38)/b14-13+. The topological polar surface area (TPSA) is 46.5 Å². The molecule has 0 aliphatic rings. The molecule has 0 unspecified atom stereocenters. The zero-order valence-corrected chi connectivity index (χ0v) is 21.5. The second kappa shape index (κ2) is 9.58. The maximum atomic E-state index is 4.79. The average Bonchev–Trinajstić information content (AvgIpc) is 3.58. The van der Waals surface area contributed by atoms with Gasteiger partial charge in [-0.15, -0.1) is 0 Å². The van der Waals surface area contributed by atoms with Gasteiger partial charge in [0.05, 0.1) is 11.2 Å². The molecule has 186 valence electrons. The third-order valence-corrected chi connectivity index (χ3v) is 7.10. The van der Waals surface area contributed by atoms with Gasteiger partial charge >= 0.3 is 0 Å². The first-order chi connectivity index (χ1) is 19.2. The predicted molar refractivity (Wildman–Crippen MR) is 162 cm³/mol. The molecule has 1 N–H and O–H groups in total. The van der Waals surface area contributed by atoms with E-state index in [0.717, 1.165) is 56.0 Å². The van der Waals surface area contributed by atoms with E-state index in [9.17, 15) is 0 Å². The van der Waals surface area contributed by atoms with Crippen molar-refractivity contribution in [2.75, 3.05) is 0 Å². The van der Waals surface area contributed by atoms with Gasteiger partial charge in [-0.1, -0.05) is 84.9 Å². The Bertz CT molecular complexity index is 1900. The van der Waals surface area contributed by atoms with Gasteiger partial charge in [0, 0.05) is 34.4 Å². The fraction of sp³-hybridized carbons (Fsp3) is 0.0286. The number of imidazole rings is 1. The number of fused-ring (bicyclic) bond motifs is 3. The van der Waals surface area contributed by atoms with E-state index in [1.54, 1.807) is 0 Å². The quantitative estimate of drug-likeness (QED) is 0.239. The highest BCUT2D eigenvalue weighted by Gasteiger charge is 2.15. The third-order valence-electron chi connectivity index (χ3n) is 7.10. The SMILES string of the molecule is Cc1c[nH]c(-c2cc(-c3ccc(/C=C/c4ccccc4)cc3)cc(-n3c4ccccc4c4cccnc43)c2)n1. The van der Waals surface area contributed by atoms with E-state index in [1.807, 2.05) is 31.5 Å². The van der Waals surface area contributed by atoms with E-state index in [4.69, 9.17) is 9.97 Å². The number of benzene rings is 4. The second-order valence-corrected chi connectivity index (χ2v) is 9.75. The van der Waals surface area contributed by atoms with Gasteiger partial charge in [0.25, 0.3) is 0 Å². The maximum absolute atomic E-state index is 4.79. The summed E-state index contributed by atoms with van der Waals surface area (Å²) in [6.45, 7) is 2.00. The van der Waals surface area contributed by atoms with Crippen molar-refractivity contribution in [3.8, 4) is 28.2 Å². The highest BCUT2D eigenvalue weighted by atomic mass is 15.0. The number of nitrogens with zero attached hydrogens (tertiary/aromatic N) is 3. The largest absolute Gasteiger partial charge is 0.344 e. The molecule has 0 radical (unpaired) electrons. The summed E-state index contributed by atoms with van der Waals surface area (Å²) >= 11 is 0. The van der Waals surface area contributed by atoms with Gasteiger partial charge in [-0.3, -0.25) is 4.57 Å². The Kier molecular flexibility index (Phi) is 5.64. The minimum atomic E-state index is 0.853. The molecular weight excluding hydrogens is 476 g/mol. The highest BCUT2D eigenvalue weighted by molar-refractivity contribution is 6.07. The molecule has 39 heavy (non-hydrogen) atoms. The van der Waals surface area contributed by atoms with Gasteiger partial charge < -0.3 is 4.98 Å². The summed E-state index contributed by atoms with van der Waals surface area (Å²) in [6, 6.07) is 38.4. The third kappa shape index (κ3) is 4.32. The number of para-hydroxylation sites is 1. The number of aryl methyl sites for hydroxylation is 1. The summed E-state index contributed by atoms with van der Waals surface area (Å²) in [6.07, 6.45) is 8.09. The minimum absolute atomic E-state index is 0.853. The van der Waals surface area contributed by atoms with E-state index < -0.39 is 0 Å². The molecule has 0 bridgehead atoms. The van der Waals surface area contributed by atoms with Gasteiger partial charge in [-0.2, -0.15) is 0 Å².